The monoisotopic (exact) mass is 550 g/mol. The second-order valence-corrected chi connectivity index (χ2v) is 9.81. The van der Waals surface area contributed by atoms with Crippen molar-refractivity contribution in [3.8, 4) is 0 Å². The Morgan fingerprint density at radius 1 is 0.750 bits per heavy atom. The first-order valence-corrected chi connectivity index (χ1v) is 13.0. The fourth-order valence-electron chi connectivity index (χ4n) is 4.24. The van der Waals surface area contributed by atoms with E-state index in [1.54, 1.807) is 18.2 Å². The van der Waals surface area contributed by atoms with Gasteiger partial charge in [0.25, 0.3) is 0 Å². The first-order chi connectivity index (χ1) is 19.2. The zero-order valence-corrected chi connectivity index (χ0v) is 23.2. The van der Waals surface area contributed by atoms with Gasteiger partial charge >= 0.3 is 0 Å². The van der Waals surface area contributed by atoms with Crippen LogP contribution in [0.15, 0.2) is 83.0 Å². The second-order valence-electron chi connectivity index (χ2n) is 9.47. The molecule has 3 N–H and O–H groups in total. The van der Waals surface area contributed by atoms with Crippen LogP contribution in [0.4, 0.5) is 40.3 Å². The maximum Gasteiger partial charge on any atom is 0.233 e. The van der Waals surface area contributed by atoms with Crippen molar-refractivity contribution in [1.82, 2.24) is 15.0 Å². The first-order valence-electron chi connectivity index (χ1n) is 12.6. The fraction of sp³-hybridized carbons (Fsp3) is 0.133. The molecule has 0 fully saturated rings. The van der Waals surface area contributed by atoms with E-state index in [0.29, 0.717) is 28.7 Å². The van der Waals surface area contributed by atoms with Crippen molar-refractivity contribution in [2.45, 2.75) is 27.7 Å². The average Bonchev–Trinajstić information content (AvgIpc) is 2.89. The normalized spacial score (nSPS) is 11.1. The molecule has 0 aliphatic carbocycles. The van der Waals surface area contributed by atoms with Gasteiger partial charge < -0.3 is 16.0 Å². The van der Waals surface area contributed by atoms with Gasteiger partial charge in [0.1, 0.15) is 5.69 Å². The molecule has 0 saturated carbocycles. The van der Waals surface area contributed by atoms with Gasteiger partial charge in [-0.15, -0.1) is 5.11 Å². The van der Waals surface area contributed by atoms with Crippen LogP contribution in [0.1, 0.15) is 23.6 Å². The van der Waals surface area contributed by atoms with E-state index in [9.17, 15) is 4.79 Å². The third-order valence-corrected chi connectivity index (χ3v) is 6.21. The number of carbonyl (C=O) groups excluding carboxylic acids is 1. The Hall–Kier alpha value is -4.89. The standard InChI is InChI=1S/C30H27ClN8O/c1-17-5-8-22(9-6-17)33-29-35-28(31)36-30(37-29)34-23-11-12-26(27(16-23)32-20(4)40)39-38-24-10-7-21-14-18(2)13-19(3)25(21)15-24/h5-16H,1-4H3,(H,32,40)(H2,33,34,35,36,37). The van der Waals surface area contributed by atoms with Gasteiger partial charge in [-0.05, 0) is 91.2 Å². The molecule has 200 valence electrons. The molecule has 0 atom stereocenters. The number of amides is 1. The van der Waals surface area contributed by atoms with E-state index in [1.807, 2.05) is 49.4 Å². The van der Waals surface area contributed by atoms with Crippen molar-refractivity contribution in [2.24, 2.45) is 10.2 Å². The SMILES string of the molecule is CC(=O)Nc1cc(Nc2nc(Cl)nc(Nc3ccc(C)cc3)n2)ccc1N=Nc1ccc2cc(C)cc(C)c2c1. The third-order valence-electron chi connectivity index (χ3n) is 6.04. The number of fused-ring (bicyclic) bond motifs is 1. The molecule has 0 aliphatic rings. The highest BCUT2D eigenvalue weighted by Crippen LogP contribution is 2.32. The van der Waals surface area contributed by atoms with Crippen molar-refractivity contribution < 1.29 is 4.79 Å². The molecular weight excluding hydrogens is 524 g/mol. The number of aromatic nitrogens is 3. The minimum Gasteiger partial charge on any atom is -0.324 e. The lowest BCUT2D eigenvalue weighted by molar-refractivity contribution is -0.114. The van der Waals surface area contributed by atoms with Gasteiger partial charge in [0.2, 0.25) is 23.1 Å². The summed E-state index contributed by atoms with van der Waals surface area (Å²) in [5.74, 6) is 0.289. The van der Waals surface area contributed by atoms with Crippen molar-refractivity contribution >= 4 is 68.6 Å². The molecule has 1 amide bonds. The predicted octanol–water partition coefficient (Wildman–Crippen LogP) is 8.46. The molecular formula is C30H27ClN8O. The van der Waals surface area contributed by atoms with Crippen molar-refractivity contribution in [1.29, 1.82) is 0 Å². The van der Waals surface area contributed by atoms with Crippen LogP contribution in [0.5, 0.6) is 0 Å². The average molecular weight is 551 g/mol. The quantitative estimate of drug-likeness (QED) is 0.175. The Kier molecular flexibility index (Phi) is 7.65. The van der Waals surface area contributed by atoms with E-state index in [0.717, 1.165) is 22.0 Å². The summed E-state index contributed by atoms with van der Waals surface area (Å²) in [4.78, 5) is 24.7. The molecule has 10 heteroatoms. The maximum atomic E-state index is 11.9. The smallest absolute Gasteiger partial charge is 0.233 e. The number of anilines is 5. The second kappa shape index (κ2) is 11.5. The lowest BCUT2D eigenvalue weighted by Gasteiger charge is -2.11. The maximum absolute atomic E-state index is 11.9. The minimum atomic E-state index is -0.238. The van der Waals surface area contributed by atoms with Crippen LogP contribution in [-0.4, -0.2) is 20.9 Å². The molecule has 0 saturated heterocycles. The molecule has 5 aromatic rings. The zero-order valence-electron chi connectivity index (χ0n) is 22.5. The Morgan fingerprint density at radius 2 is 1.45 bits per heavy atom. The highest BCUT2D eigenvalue weighted by atomic mass is 35.5. The summed E-state index contributed by atoms with van der Waals surface area (Å²) in [6.07, 6.45) is 0. The Labute approximate surface area is 236 Å². The highest BCUT2D eigenvalue weighted by Gasteiger charge is 2.10. The summed E-state index contributed by atoms with van der Waals surface area (Å²) in [7, 11) is 0. The summed E-state index contributed by atoms with van der Waals surface area (Å²) in [5.41, 5.74) is 6.65. The number of nitrogens with one attached hydrogen (secondary N) is 3. The number of aryl methyl sites for hydroxylation is 3. The lowest BCUT2D eigenvalue weighted by atomic mass is 10.0. The number of nitrogens with zero attached hydrogens (tertiary/aromatic N) is 5. The Morgan fingerprint density at radius 3 is 2.17 bits per heavy atom. The zero-order chi connectivity index (χ0) is 28.2. The molecule has 9 nitrogen and oxygen atoms in total. The number of hydrogen-bond acceptors (Lipinski definition) is 8. The highest BCUT2D eigenvalue weighted by molar-refractivity contribution is 6.28. The van der Waals surface area contributed by atoms with Gasteiger partial charge in [-0.3, -0.25) is 4.79 Å². The van der Waals surface area contributed by atoms with E-state index in [-0.39, 0.29) is 17.1 Å². The van der Waals surface area contributed by atoms with E-state index in [1.165, 1.54) is 18.1 Å². The number of azo groups is 1. The van der Waals surface area contributed by atoms with E-state index >= 15 is 0 Å². The van der Waals surface area contributed by atoms with Gasteiger partial charge in [0.05, 0.1) is 11.4 Å². The molecule has 0 aliphatic heterocycles. The predicted molar refractivity (Wildman–Crippen MR) is 161 cm³/mol. The number of hydrogen-bond donors (Lipinski definition) is 3. The van der Waals surface area contributed by atoms with Crippen LogP contribution in [-0.2, 0) is 4.79 Å². The number of halogens is 1. The summed E-state index contributed by atoms with van der Waals surface area (Å²) >= 11 is 6.16. The van der Waals surface area contributed by atoms with Gasteiger partial charge in [-0.25, -0.2) is 0 Å². The van der Waals surface area contributed by atoms with Crippen molar-refractivity contribution in [3.63, 3.8) is 0 Å². The topological polar surface area (TPSA) is 117 Å². The van der Waals surface area contributed by atoms with Crippen LogP contribution >= 0.6 is 11.6 Å². The van der Waals surface area contributed by atoms with Gasteiger partial charge in [-0.2, -0.15) is 20.1 Å². The lowest BCUT2D eigenvalue weighted by Crippen LogP contribution is -2.07. The first kappa shape index (κ1) is 26.7. The van der Waals surface area contributed by atoms with Crippen molar-refractivity contribution in [3.05, 3.63) is 94.8 Å². The van der Waals surface area contributed by atoms with E-state index in [2.05, 4.69) is 67.1 Å². The molecule has 1 aromatic heterocycles. The Bertz CT molecular complexity index is 1750. The molecule has 4 aromatic carbocycles. The van der Waals surface area contributed by atoms with Gasteiger partial charge in [0.15, 0.2) is 0 Å². The Balaban J connectivity index is 1.39. The number of rotatable bonds is 7. The van der Waals surface area contributed by atoms with Crippen LogP contribution in [0.2, 0.25) is 5.28 Å². The third kappa shape index (κ3) is 6.57. The van der Waals surface area contributed by atoms with E-state index in [4.69, 9.17) is 11.6 Å². The molecule has 0 spiro atoms. The molecule has 0 bridgehead atoms. The summed E-state index contributed by atoms with van der Waals surface area (Å²) in [5, 5.41) is 20.2. The summed E-state index contributed by atoms with van der Waals surface area (Å²) in [6, 6.07) is 23.3. The summed E-state index contributed by atoms with van der Waals surface area (Å²) < 4.78 is 0. The van der Waals surface area contributed by atoms with Crippen LogP contribution in [0.3, 0.4) is 0 Å². The van der Waals surface area contributed by atoms with Gasteiger partial charge in [-0.1, -0.05) is 41.5 Å². The summed E-state index contributed by atoms with van der Waals surface area (Å²) in [6.45, 7) is 7.61. The van der Waals surface area contributed by atoms with Crippen LogP contribution < -0.4 is 16.0 Å². The molecule has 40 heavy (non-hydrogen) atoms. The minimum absolute atomic E-state index is 0.0281. The molecule has 5 rings (SSSR count). The van der Waals surface area contributed by atoms with Crippen LogP contribution in [0.25, 0.3) is 10.8 Å². The molecule has 0 unspecified atom stereocenters. The number of carbonyl (C=O) groups is 1. The largest absolute Gasteiger partial charge is 0.324 e. The van der Waals surface area contributed by atoms with Gasteiger partial charge in [0, 0.05) is 18.3 Å². The molecule has 0 radical (unpaired) electrons. The molecule has 1 heterocycles. The fourth-order valence-corrected chi connectivity index (χ4v) is 4.40. The van der Waals surface area contributed by atoms with Crippen LogP contribution in [0, 0.1) is 20.8 Å². The number of benzene rings is 4. The van der Waals surface area contributed by atoms with Crippen molar-refractivity contribution in [2.75, 3.05) is 16.0 Å². The van der Waals surface area contributed by atoms with E-state index < -0.39 is 0 Å².